The molecule has 1 aromatic heterocycles. The molecule has 2 N–H and O–H groups in total. The van der Waals surface area contributed by atoms with E-state index in [9.17, 15) is 10.2 Å². The van der Waals surface area contributed by atoms with Gasteiger partial charge < -0.3 is 14.6 Å². The molecule has 0 aliphatic carbocycles. The summed E-state index contributed by atoms with van der Waals surface area (Å²) in [6.45, 7) is 7.07. The summed E-state index contributed by atoms with van der Waals surface area (Å²) in [4.78, 5) is 2.15. The summed E-state index contributed by atoms with van der Waals surface area (Å²) in [5, 5.41) is 19.7. The maximum atomic E-state index is 10.1. The van der Waals surface area contributed by atoms with Crippen LogP contribution in [-0.4, -0.2) is 34.9 Å². The van der Waals surface area contributed by atoms with Crippen LogP contribution in [0.1, 0.15) is 50.6 Å². The van der Waals surface area contributed by atoms with Gasteiger partial charge in [0.2, 0.25) is 0 Å². The lowest BCUT2D eigenvalue weighted by molar-refractivity contribution is 0.0368. The second-order valence-corrected chi connectivity index (χ2v) is 7.37. The summed E-state index contributed by atoms with van der Waals surface area (Å²) in [6, 6.07) is 13.6. The highest BCUT2D eigenvalue weighted by Crippen LogP contribution is 2.38. The monoisotopic (exact) mass is 331 g/mol. The van der Waals surface area contributed by atoms with Crippen LogP contribution in [0, 0.1) is 5.41 Å². The second-order valence-electron chi connectivity index (χ2n) is 7.37. The lowest BCUT2D eigenvalue weighted by atomic mass is 9.85. The molecule has 24 heavy (non-hydrogen) atoms. The highest BCUT2D eigenvalue weighted by atomic mass is 16.3. The molecule has 2 aromatic rings. The van der Waals surface area contributed by atoms with Gasteiger partial charge in [-0.3, -0.25) is 4.90 Å². The van der Waals surface area contributed by atoms with E-state index in [1.807, 2.05) is 42.5 Å². The van der Waals surface area contributed by atoms with E-state index in [1.165, 1.54) is 0 Å². The third-order valence-corrected chi connectivity index (χ3v) is 4.19. The van der Waals surface area contributed by atoms with Gasteiger partial charge in [0.05, 0.1) is 31.6 Å². The quantitative estimate of drug-likeness (QED) is 0.773. The Hall–Kier alpha value is -1.62. The number of benzene rings is 1. The summed E-state index contributed by atoms with van der Waals surface area (Å²) in [5.41, 5.74) is 1.13. The Balaban J connectivity index is 2.39. The van der Waals surface area contributed by atoms with Gasteiger partial charge in [0.25, 0.3) is 0 Å². The minimum atomic E-state index is -0.184. The molecule has 0 saturated heterocycles. The number of aliphatic hydroxyl groups is 2. The zero-order chi connectivity index (χ0) is 17.6. The third kappa shape index (κ3) is 4.94. The van der Waals surface area contributed by atoms with Crippen molar-refractivity contribution >= 4 is 0 Å². The van der Waals surface area contributed by atoms with Crippen molar-refractivity contribution in [2.75, 3.05) is 19.8 Å². The standard InChI is InChI=1S/C20H29NO3/c1-20(2,3)14-17(19-10-7-13-24-19)21(11-12-22)18(15-23)16-8-5-4-6-9-16/h4-10,13,17-18,22-23H,11-12,14-15H2,1-3H3/t17-,18-/m1/s1. The molecule has 4 nitrogen and oxygen atoms in total. The van der Waals surface area contributed by atoms with E-state index in [0.29, 0.717) is 6.54 Å². The van der Waals surface area contributed by atoms with Crippen molar-refractivity contribution in [1.29, 1.82) is 0 Å². The number of hydrogen-bond acceptors (Lipinski definition) is 4. The Kier molecular flexibility index (Phi) is 6.60. The number of aliphatic hydroxyl groups excluding tert-OH is 2. The molecule has 0 radical (unpaired) electrons. The topological polar surface area (TPSA) is 56.8 Å². The van der Waals surface area contributed by atoms with Crippen molar-refractivity contribution in [2.45, 2.75) is 39.3 Å². The van der Waals surface area contributed by atoms with Crippen LogP contribution < -0.4 is 0 Å². The van der Waals surface area contributed by atoms with Crippen LogP contribution in [0.2, 0.25) is 0 Å². The van der Waals surface area contributed by atoms with Crippen LogP contribution in [0.25, 0.3) is 0 Å². The minimum Gasteiger partial charge on any atom is -0.468 e. The maximum absolute atomic E-state index is 10.1. The number of nitrogens with zero attached hydrogens (tertiary/aromatic N) is 1. The fraction of sp³-hybridized carbons (Fsp3) is 0.500. The molecule has 132 valence electrons. The molecule has 0 saturated carbocycles. The van der Waals surface area contributed by atoms with Crippen molar-refractivity contribution in [3.63, 3.8) is 0 Å². The van der Waals surface area contributed by atoms with Gasteiger partial charge in [0, 0.05) is 6.54 Å². The summed E-state index contributed by atoms with van der Waals surface area (Å²) in [7, 11) is 0. The first-order valence-corrected chi connectivity index (χ1v) is 8.52. The van der Waals surface area contributed by atoms with Crippen molar-refractivity contribution < 1.29 is 14.6 Å². The predicted octanol–water partition coefficient (Wildman–Crippen LogP) is 3.78. The van der Waals surface area contributed by atoms with Gasteiger partial charge >= 0.3 is 0 Å². The van der Waals surface area contributed by atoms with Crippen LogP contribution in [0.15, 0.2) is 53.1 Å². The Morgan fingerprint density at radius 2 is 1.71 bits per heavy atom. The Morgan fingerprint density at radius 3 is 2.21 bits per heavy atom. The maximum Gasteiger partial charge on any atom is 0.120 e. The van der Waals surface area contributed by atoms with Crippen LogP contribution >= 0.6 is 0 Å². The Morgan fingerprint density at radius 1 is 1.00 bits per heavy atom. The van der Waals surface area contributed by atoms with Crippen LogP contribution in [-0.2, 0) is 0 Å². The van der Waals surface area contributed by atoms with Crippen molar-refractivity contribution in [3.05, 3.63) is 60.1 Å². The first kappa shape index (κ1) is 18.7. The second kappa shape index (κ2) is 8.47. The number of hydrogen-bond donors (Lipinski definition) is 2. The van der Waals surface area contributed by atoms with Crippen LogP contribution in [0.5, 0.6) is 0 Å². The Labute approximate surface area is 144 Å². The average molecular weight is 331 g/mol. The van der Waals surface area contributed by atoms with E-state index in [4.69, 9.17) is 4.42 Å². The van der Waals surface area contributed by atoms with E-state index in [0.717, 1.165) is 17.7 Å². The van der Waals surface area contributed by atoms with Gasteiger partial charge in [-0.2, -0.15) is 0 Å². The molecule has 0 spiro atoms. The first-order chi connectivity index (χ1) is 11.5. The van der Waals surface area contributed by atoms with Crippen molar-refractivity contribution in [2.24, 2.45) is 5.41 Å². The van der Waals surface area contributed by atoms with Crippen LogP contribution in [0.4, 0.5) is 0 Å². The zero-order valence-electron chi connectivity index (χ0n) is 14.9. The van der Waals surface area contributed by atoms with Crippen molar-refractivity contribution in [1.82, 2.24) is 4.90 Å². The summed E-state index contributed by atoms with van der Waals surface area (Å²) < 4.78 is 5.69. The van der Waals surface area contributed by atoms with E-state index < -0.39 is 0 Å². The van der Waals surface area contributed by atoms with Crippen LogP contribution in [0.3, 0.4) is 0 Å². The summed E-state index contributed by atoms with van der Waals surface area (Å²) >= 11 is 0. The van der Waals surface area contributed by atoms with Gasteiger partial charge in [0.15, 0.2) is 0 Å². The van der Waals surface area contributed by atoms with Gasteiger partial charge in [-0.25, -0.2) is 0 Å². The fourth-order valence-corrected chi connectivity index (χ4v) is 3.16. The molecule has 1 heterocycles. The lowest BCUT2D eigenvalue weighted by Gasteiger charge is -2.39. The van der Waals surface area contributed by atoms with E-state index in [-0.39, 0.29) is 30.7 Å². The van der Waals surface area contributed by atoms with Gasteiger partial charge in [-0.05, 0) is 29.5 Å². The zero-order valence-corrected chi connectivity index (χ0v) is 14.9. The van der Waals surface area contributed by atoms with E-state index >= 15 is 0 Å². The van der Waals surface area contributed by atoms with E-state index in [2.05, 4.69) is 25.7 Å². The van der Waals surface area contributed by atoms with Crippen molar-refractivity contribution in [3.8, 4) is 0 Å². The van der Waals surface area contributed by atoms with Gasteiger partial charge in [-0.1, -0.05) is 51.1 Å². The predicted molar refractivity (Wildman–Crippen MR) is 95.6 cm³/mol. The molecule has 0 unspecified atom stereocenters. The average Bonchev–Trinajstić information content (AvgIpc) is 3.07. The van der Waals surface area contributed by atoms with Gasteiger partial charge in [-0.15, -0.1) is 0 Å². The summed E-state index contributed by atoms with van der Waals surface area (Å²) in [6.07, 6.45) is 2.54. The molecule has 2 rings (SSSR count). The number of furan rings is 1. The smallest absolute Gasteiger partial charge is 0.120 e. The highest BCUT2D eigenvalue weighted by Gasteiger charge is 2.32. The van der Waals surface area contributed by atoms with E-state index in [1.54, 1.807) is 6.26 Å². The molecule has 0 bridgehead atoms. The molecule has 4 heteroatoms. The molecular weight excluding hydrogens is 302 g/mol. The molecule has 1 aromatic carbocycles. The Bertz CT molecular complexity index is 575. The molecule has 2 atom stereocenters. The van der Waals surface area contributed by atoms with Gasteiger partial charge in [0.1, 0.15) is 5.76 Å². The molecule has 0 aliphatic rings. The normalized spacial score (nSPS) is 14.8. The lowest BCUT2D eigenvalue weighted by Crippen LogP contribution is -2.38. The summed E-state index contributed by atoms with van der Waals surface area (Å²) in [5.74, 6) is 0.868. The first-order valence-electron chi connectivity index (χ1n) is 8.52. The fourth-order valence-electron chi connectivity index (χ4n) is 3.16. The molecular formula is C20H29NO3. The highest BCUT2D eigenvalue weighted by molar-refractivity contribution is 5.20. The minimum absolute atomic E-state index is 0.00857. The molecule has 0 amide bonds. The SMILES string of the molecule is CC(C)(C)C[C@H](c1ccco1)N(CCO)[C@H](CO)c1ccccc1. The number of rotatable bonds is 8. The molecule has 0 fully saturated rings. The molecule has 0 aliphatic heterocycles. The largest absolute Gasteiger partial charge is 0.468 e. The third-order valence-electron chi connectivity index (χ3n) is 4.19.